The molecule has 0 radical (unpaired) electrons. The Bertz CT molecular complexity index is 391. The fourth-order valence-corrected chi connectivity index (χ4v) is 3.06. The van der Waals surface area contributed by atoms with E-state index in [1.54, 1.807) is 0 Å². The van der Waals surface area contributed by atoms with Crippen LogP contribution in [0.3, 0.4) is 0 Å². The number of hydrogen-bond donors (Lipinski definition) is 1. The highest BCUT2D eigenvalue weighted by Gasteiger charge is 2.27. The first-order valence-corrected chi connectivity index (χ1v) is 6.49. The summed E-state index contributed by atoms with van der Waals surface area (Å²) in [6, 6.07) is -0.136. The lowest BCUT2D eigenvalue weighted by Crippen LogP contribution is -2.20. The normalized spacial score (nSPS) is 17.9. The van der Waals surface area contributed by atoms with Gasteiger partial charge < -0.3 is 5.73 Å². The zero-order valence-corrected chi connectivity index (χ0v) is 12.2. The standard InChI is InChI=1S/C11H13Cl3N2.ClH/c12-7-5-16-11(14)9(13)8(7)10(15)6-3-1-2-4-6;/h5-6,10H,1-4,15H2;1H/t10-;/m0./s1. The van der Waals surface area contributed by atoms with E-state index in [-0.39, 0.29) is 23.6 Å². The Morgan fingerprint density at radius 1 is 1.24 bits per heavy atom. The van der Waals surface area contributed by atoms with Crippen LogP contribution in [0, 0.1) is 5.92 Å². The summed E-state index contributed by atoms with van der Waals surface area (Å²) in [6.07, 6.45) is 6.24. The second-order valence-corrected chi connectivity index (χ2v) is 5.34. The molecule has 0 spiro atoms. The van der Waals surface area contributed by atoms with Crippen molar-refractivity contribution in [2.75, 3.05) is 0 Å². The van der Waals surface area contributed by atoms with Gasteiger partial charge in [0.25, 0.3) is 0 Å². The van der Waals surface area contributed by atoms with Crippen LogP contribution >= 0.6 is 47.2 Å². The molecule has 1 aliphatic carbocycles. The Hall–Kier alpha value is 0.270. The van der Waals surface area contributed by atoms with Crippen molar-refractivity contribution in [1.82, 2.24) is 4.98 Å². The van der Waals surface area contributed by atoms with E-state index in [0.717, 1.165) is 18.4 Å². The van der Waals surface area contributed by atoms with Crippen LogP contribution in [0.15, 0.2) is 6.20 Å². The molecule has 1 aromatic rings. The van der Waals surface area contributed by atoms with Gasteiger partial charge in [-0.25, -0.2) is 4.98 Å². The highest BCUT2D eigenvalue weighted by Crippen LogP contribution is 2.40. The van der Waals surface area contributed by atoms with Crippen molar-refractivity contribution in [2.45, 2.75) is 31.7 Å². The molecule has 0 aromatic carbocycles. The van der Waals surface area contributed by atoms with Crippen molar-refractivity contribution in [1.29, 1.82) is 0 Å². The van der Waals surface area contributed by atoms with Crippen LogP contribution in [0.2, 0.25) is 15.2 Å². The van der Waals surface area contributed by atoms with Gasteiger partial charge in [0.1, 0.15) is 5.15 Å². The highest BCUT2D eigenvalue weighted by atomic mass is 35.5. The summed E-state index contributed by atoms with van der Waals surface area (Å²) in [5, 5.41) is 1.18. The average Bonchev–Trinajstić information content (AvgIpc) is 2.77. The van der Waals surface area contributed by atoms with Crippen molar-refractivity contribution in [2.24, 2.45) is 11.7 Å². The summed E-state index contributed by atoms with van der Waals surface area (Å²) in [6.45, 7) is 0. The molecule has 1 saturated carbocycles. The molecule has 17 heavy (non-hydrogen) atoms. The van der Waals surface area contributed by atoms with Gasteiger partial charge in [-0.3, -0.25) is 0 Å². The molecule has 1 atom stereocenters. The van der Waals surface area contributed by atoms with E-state index in [4.69, 9.17) is 40.5 Å². The molecule has 0 aliphatic heterocycles. The summed E-state index contributed by atoms with van der Waals surface area (Å²) in [7, 11) is 0. The molecular formula is C11H14Cl4N2. The molecule has 2 rings (SSSR count). The molecule has 1 aliphatic rings. The second-order valence-electron chi connectivity index (χ2n) is 4.19. The van der Waals surface area contributed by atoms with Crippen LogP contribution in [0.5, 0.6) is 0 Å². The molecular weight excluding hydrogens is 302 g/mol. The average molecular weight is 316 g/mol. The molecule has 2 N–H and O–H groups in total. The summed E-state index contributed by atoms with van der Waals surface area (Å²) in [5.74, 6) is 0.452. The molecule has 1 fully saturated rings. The Kier molecular flexibility index (Phi) is 5.81. The minimum atomic E-state index is -0.136. The molecule has 1 aromatic heterocycles. The molecule has 0 unspecified atom stereocenters. The van der Waals surface area contributed by atoms with E-state index in [1.165, 1.54) is 19.0 Å². The Balaban J connectivity index is 0.00000144. The van der Waals surface area contributed by atoms with Gasteiger partial charge >= 0.3 is 0 Å². The maximum atomic E-state index is 6.22. The zero-order valence-electron chi connectivity index (χ0n) is 9.13. The van der Waals surface area contributed by atoms with Gasteiger partial charge in [-0.1, -0.05) is 47.6 Å². The van der Waals surface area contributed by atoms with Crippen molar-refractivity contribution in [3.63, 3.8) is 0 Å². The second kappa shape index (κ2) is 6.44. The lowest BCUT2D eigenvalue weighted by Gasteiger charge is -2.21. The monoisotopic (exact) mass is 314 g/mol. The number of pyridine rings is 1. The molecule has 0 saturated heterocycles. The van der Waals surface area contributed by atoms with E-state index in [1.807, 2.05) is 0 Å². The van der Waals surface area contributed by atoms with E-state index in [2.05, 4.69) is 4.98 Å². The molecule has 1 heterocycles. The van der Waals surface area contributed by atoms with Crippen molar-refractivity contribution < 1.29 is 0 Å². The van der Waals surface area contributed by atoms with Gasteiger partial charge in [0.05, 0.1) is 10.0 Å². The first kappa shape index (κ1) is 15.3. The topological polar surface area (TPSA) is 38.9 Å². The molecule has 2 nitrogen and oxygen atoms in total. The summed E-state index contributed by atoms with van der Waals surface area (Å²) in [4.78, 5) is 3.89. The smallest absolute Gasteiger partial charge is 0.148 e. The lowest BCUT2D eigenvalue weighted by molar-refractivity contribution is 0.445. The van der Waals surface area contributed by atoms with E-state index in [9.17, 15) is 0 Å². The van der Waals surface area contributed by atoms with Crippen molar-refractivity contribution >= 4 is 47.2 Å². The minimum Gasteiger partial charge on any atom is -0.324 e. The van der Waals surface area contributed by atoms with Crippen LogP contribution in [0.25, 0.3) is 0 Å². The number of nitrogens with two attached hydrogens (primary N) is 1. The number of rotatable bonds is 2. The fourth-order valence-electron chi connectivity index (χ4n) is 2.31. The number of aromatic nitrogens is 1. The maximum Gasteiger partial charge on any atom is 0.148 e. The van der Waals surface area contributed by atoms with Gasteiger partial charge in [-0.05, 0) is 18.8 Å². The lowest BCUT2D eigenvalue weighted by atomic mass is 9.93. The predicted octanol–water partition coefficient (Wildman–Crippen LogP) is 4.65. The van der Waals surface area contributed by atoms with Gasteiger partial charge in [0, 0.05) is 17.8 Å². The first-order chi connectivity index (χ1) is 7.61. The van der Waals surface area contributed by atoms with E-state index in [0.29, 0.717) is 16.0 Å². The van der Waals surface area contributed by atoms with Gasteiger partial charge in [-0.2, -0.15) is 0 Å². The predicted molar refractivity (Wildman–Crippen MR) is 75.4 cm³/mol. The minimum absolute atomic E-state index is 0. The third-order valence-electron chi connectivity index (χ3n) is 3.21. The first-order valence-electron chi connectivity index (χ1n) is 5.36. The Morgan fingerprint density at radius 3 is 2.41 bits per heavy atom. The number of hydrogen-bond acceptors (Lipinski definition) is 2. The fraction of sp³-hybridized carbons (Fsp3) is 0.545. The summed E-state index contributed by atoms with van der Waals surface area (Å²) >= 11 is 18.1. The third-order valence-corrected chi connectivity index (χ3v) is 4.27. The van der Waals surface area contributed by atoms with Crippen LogP contribution in [-0.2, 0) is 0 Å². The Labute approximate surface area is 122 Å². The zero-order chi connectivity index (χ0) is 11.7. The maximum absolute atomic E-state index is 6.22. The number of nitrogens with zero attached hydrogens (tertiary/aromatic N) is 1. The molecule has 6 heteroatoms. The number of halogens is 4. The van der Waals surface area contributed by atoms with Gasteiger partial charge in [-0.15, -0.1) is 12.4 Å². The van der Waals surface area contributed by atoms with Crippen molar-refractivity contribution in [3.8, 4) is 0 Å². The van der Waals surface area contributed by atoms with Crippen LogP contribution in [0.4, 0.5) is 0 Å². The molecule has 0 amide bonds. The van der Waals surface area contributed by atoms with E-state index >= 15 is 0 Å². The largest absolute Gasteiger partial charge is 0.324 e. The summed E-state index contributed by atoms with van der Waals surface area (Å²) < 4.78 is 0. The third kappa shape index (κ3) is 3.18. The highest BCUT2D eigenvalue weighted by molar-refractivity contribution is 6.43. The van der Waals surface area contributed by atoms with Crippen molar-refractivity contribution in [3.05, 3.63) is 27.0 Å². The van der Waals surface area contributed by atoms with Gasteiger partial charge in [0.15, 0.2) is 0 Å². The summed E-state index contributed by atoms with van der Waals surface area (Å²) in [5.41, 5.74) is 6.96. The van der Waals surface area contributed by atoms with Crippen LogP contribution in [0.1, 0.15) is 37.3 Å². The van der Waals surface area contributed by atoms with Crippen LogP contribution < -0.4 is 5.73 Å². The molecule has 96 valence electrons. The Morgan fingerprint density at radius 2 is 1.82 bits per heavy atom. The van der Waals surface area contributed by atoms with E-state index < -0.39 is 0 Å². The van der Waals surface area contributed by atoms with Crippen LogP contribution in [-0.4, -0.2) is 4.98 Å². The van der Waals surface area contributed by atoms with Gasteiger partial charge in [0.2, 0.25) is 0 Å². The quantitative estimate of drug-likeness (QED) is 0.806. The SMILES string of the molecule is Cl.N[C@H](c1c(Cl)cnc(Cl)c1Cl)C1CCCC1. The molecule has 0 bridgehead atoms.